The molecule has 18 heavy (non-hydrogen) atoms. The molecule has 100 valence electrons. The van der Waals surface area contributed by atoms with E-state index in [-0.39, 0.29) is 0 Å². The molecular weight excluding hydrogens is 335 g/mol. The second kappa shape index (κ2) is 6.75. The van der Waals surface area contributed by atoms with Crippen LogP contribution in [0, 0.1) is 9.49 Å². The zero-order valence-corrected chi connectivity index (χ0v) is 13.5. The smallest absolute Gasteiger partial charge is 0.0352 e. The number of halogens is 1. The Kier molecular flexibility index (Phi) is 5.30. The van der Waals surface area contributed by atoms with Gasteiger partial charge in [0.2, 0.25) is 0 Å². The summed E-state index contributed by atoms with van der Waals surface area (Å²) in [7, 11) is 0. The highest BCUT2D eigenvalue weighted by molar-refractivity contribution is 14.1. The third kappa shape index (κ3) is 4.43. The van der Waals surface area contributed by atoms with Crippen LogP contribution in [0.4, 0.5) is 5.69 Å². The molecular formula is C15H23IN2. The van der Waals surface area contributed by atoms with Crippen molar-refractivity contribution < 1.29 is 0 Å². The van der Waals surface area contributed by atoms with Gasteiger partial charge in [0.1, 0.15) is 0 Å². The minimum absolute atomic E-state index is 0.645. The van der Waals surface area contributed by atoms with Gasteiger partial charge in [-0.25, -0.2) is 0 Å². The number of piperidine rings is 1. The summed E-state index contributed by atoms with van der Waals surface area (Å²) in [5.41, 5.74) is 1.27. The third-order valence-corrected chi connectivity index (χ3v) is 4.08. The molecule has 0 amide bonds. The van der Waals surface area contributed by atoms with Crippen LogP contribution in [0.1, 0.15) is 26.7 Å². The fourth-order valence-corrected chi connectivity index (χ4v) is 3.13. The lowest BCUT2D eigenvalue weighted by molar-refractivity contribution is 0.198. The molecule has 3 heteroatoms. The van der Waals surface area contributed by atoms with Gasteiger partial charge in [-0.2, -0.15) is 0 Å². The molecule has 2 nitrogen and oxygen atoms in total. The van der Waals surface area contributed by atoms with Gasteiger partial charge < -0.3 is 10.2 Å². The Labute approximate surface area is 124 Å². The van der Waals surface area contributed by atoms with Crippen molar-refractivity contribution in [3.05, 3.63) is 27.8 Å². The Morgan fingerprint density at radius 3 is 2.67 bits per heavy atom. The number of hydrogen-bond acceptors (Lipinski definition) is 2. The van der Waals surface area contributed by atoms with Crippen molar-refractivity contribution in [1.29, 1.82) is 0 Å². The summed E-state index contributed by atoms with van der Waals surface area (Å²) >= 11 is 2.37. The largest absolute Gasteiger partial charge is 0.382 e. The molecule has 1 heterocycles. The molecule has 0 radical (unpaired) electrons. The molecule has 2 rings (SSSR count). The summed E-state index contributed by atoms with van der Waals surface area (Å²) in [5, 5.41) is 3.66. The number of likely N-dealkylation sites (tertiary alicyclic amines) is 1. The maximum atomic E-state index is 3.66. The number of nitrogens with one attached hydrogen (secondary N) is 1. The molecule has 1 aliphatic heterocycles. The van der Waals surface area contributed by atoms with E-state index in [1.54, 1.807) is 0 Å². The fraction of sp³-hybridized carbons (Fsp3) is 0.600. The summed E-state index contributed by atoms with van der Waals surface area (Å²) in [4.78, 5) is 2.59. The Hall–Kier alpha value is -0.290. The lowest BCUT2D eigenvalue weighted by atomic mass is 10.0. The molecule has 1 fully saturated rings. The van der Waals surface area contributed by atoms with Crippen LogP contribution in [-0.4, -0.2) is 30.6 Å². The summed E-state index contributed by atoms with van der Waals surface area (Å²) in [5.74, 6) is 0.783. The summed E-state index contributed by atoms with van der Waals surface area (Å²) < 4.78 is 1.30. The van der Waals surface area contributed by atoms with Gasteiger partial charge in [0, 0.05) is 34.9 Å². The monoisotopic (exact) mass is 358 g/mol. The van der Waals surface area contributed by atoms with Crippen molar-refractivity contribution in [3.63, 3.8) is 0 Å². The van der Waals surface area contributed by atoms with Gasteiger partial charge in [-0.05, 0) is 59.5 Å². The van der Waals surface area contributed by atoms with Gasteiger partial charge >= 0.3 is 0 Å². The predicted octanol–water partition coefficient (Wildman–Crippen LogP) is 3.82. The van der Waals surface area contributed by atoms with E-state index in [0.29, 0.717) is 6.04 Å². The Morgan fingerprint density at radius 1 is 1.33 bits per heavy atom. The standard InChI is InChI=1S/C15H23IN2/c1-12(2)11-18-8-6-14(7-9-18)17-15-5-3-4-13(16)10-15/h3-5,10,12,14,17H,6-9,11H2,1-2H3. The fourth-order valence-electron chi connectivity index (χ4n) is 2.59. The topological polar surface area (TPSA) is 15.3 Å². The van der Waals surface area contributed by atoms with Crippen LogP contribution in [0.2, 0.25) is 0 Å². The maximum Gasteiger partial charge on any atom is 0.0352 e. The van der Waals surface area contributed by atoms with Gasteiger partial charge in [0.15, 0.2) is 0 Å². The molecule has 0 aromatic heterocycles. The van der Waals surface area contributed by atoms with Gasteiger partial charge in [-0.15, -0.1) is 0 Å². The lowest BCUT2D eigenvalue weighted by Crippen LogP contribution is -2.40. The van der Waals surface area contributed by atoms with E-state index in [1.165, 1.54) is 41.7 Å². The minimum atomic E-state index is 0.645. The van der Waals surface area contributed by atoms with Gasteiger partial charge in [0.05, 0.1) is 0 Å². The van der Waals surface area contributed by atoms with E-state index in [1.807, 2.05) is 0 Å². The first kappa shape index (κ1) is 14.1. The Morgan fingerprint density at radius 2 is 2.06 bits per heavy atom. The van der Waals surface area contributed by atoms with Crippen molar-refractivity contribution in [3.8, 4) is 0 Å². The molecule has 0 atom stereocenters. The van der Waals surface area contributed by atoms with Crippen LogP contribution in [0.3, 0.4) is 0 Å². The molecule has 0 saturated carbocycles. The van der Waals surface area contributed by atoms with Crippen molar-refractivity contribution in [1.82, 2.24) is 4.90 Å². The molecule has 0 unspecified atom stereocenters. The summed E-state index contributed by atoms with van der Waals surface area (Å²) in [6.45, 7) is 8.32. The normalized spacial score (nSPS) is 18.2. The van der Waals surface area contributed by atoms with Crippen LogP contribution in [0.25, 0.3) is 0 Å². The number of anilines is 1. The molecule has 0 spiro atoms. The van der Waals surface area contributed by atoms with Crippen LogP contribution in [0.5, 0.6) is 0 Å². The highest BCUT2D eigenvalue weighted by atomic mass is 127. The van der Waals surface area contributed by atoms with Crippen molar-refractivity contribution in [2.24, 2.45) is 5.92 Å². The first-order chi connectivity index (χ1) is 8.63. The first-order valence-corrected chi connectivity index (χ1v) is 7.96. The van der Waals surface area contributed by atoms with Crippen molar-refractivity contribution in [2.45, 2.75) is 32.7 Å². The zero-order valence-electron chi connectivity index (χ0n) is 11.3. The second-order valence-corrected chi connectivity index (χ2v) is 6.87. The van der Waals surface area contributed by atoms with Gasteiger partial charge in [-0.3, -0.25) is 0 Å². The quantitative estimate of drug-likeness (QED) is 0.824. The summed E-state index contributed by atoms with van der Waals surface area (Å²) in [6, 6.07) is 9.30. The predicted molar refractivity (Wildman–Crippen MR) is 87.1 cm³/mol. The average molecular weight is 358 g/mol. The van der Waals surface area contributed by atoms with E-state index in [0.717, 1.165) is 5.92 Å². The molecule has 1 saturated heterocycles. The number of nitrogens with zero attached hydrogens (tertiary/aromatic N) is 1. The van der Waals surface area contributed by atoms with Crippen LogP contribution >= 0.6 is 22.6 Å². The molecule has 0 bridgehead atoms. The van der Waals surface area contributed by atoms with Crippen LogP contribution in [-0.2, 0) is 0 Å². The number of benzene rings is 1. The van der Waals surface area contributed by atoms with Crippen LogP contribution in [0.15, 0.2) is 24.3 Å². The first-order valence-electron chi connectivity index (χ1n) is 6.88. The Balaban J connectivity index is 1.80. The zero-order chi connectivity index (χ0) is 13.0. The molecule has 1 aromatic carbocycles. The van der Waals surface area contributed by atoms with E-state index < -0.39 is 0 Å². The van der Waals surface area contributed by atoms with Gasteiger partial charge in [0.25, 0.3) is 0 Å². The lowest BCUT2D eigenvalue weighted by Gasteiger charge is -2.33. The van der Waals surface area contributed by atoms with Crippen molar-refractivity contribution in [2.75, 3.05) is 25.0 Å². The maximum absolute atomic E-state index is 3.66. The highest BCUT2D eigenvalue weighted by Crippen LogP contribution is 2.19. The highest BCUT2D eigenvalue weighted by Gasteiger charge is 2.19. The molecule has 0 aliphatic carbocycles. The second-order valence-electron chi connectivity index (χ2n) is 5.62. The molecule has 1 aliphatic rings. The number of hydrogen-bond donors (Lipinski definition) is 1. The summed E-state index contributed by atoms with van der Waals surface area (Å²) in [6.07, 6.45) is 2.52. The Bertz CT molecular complexity index is 371. The van der Waals surface area contributed by atoms with E-state index >= 15 is 0 Å². The minimum Gasteiger partial charge on any atom is -0.382 e. The SMILES string of the molecule is CC(C)CN1CCC(Nc2cccc(I)c2)CC1. The third-order valence-electron chi connectivity index (χ3n) is 3.41. The van der Waals surface area contributed by atoms with E-state index in [2.05, 4.69) is 70.9 Å². The van der Waals surface area contributed by atoms with Crippen LogP contribution < -0.4 is 5.32 Å². The van der Waals surface area contributed by atoms with E-state index in [4.69, 9.17) is 0 Å². The molecule has 1 aromatic rings. The number of rotatable bonds is 4. The molecule has 1 N–H and O–H groups in total. The average Bonchev–Trinajstić information content (AvgIpc) is 2.31. The van der Waals surface area contributed by atoms with Gasteiger partial charge in [-0.1, -0.05) is 19.9 Å². The van der Waals surface area contributed by atoms with Crippen molar-refractivity contribution >= 4 is 28.3 Å². The van der Waals surface area contributed by atoms with E-state index in [9.17, 15) is 0 Å².